The van der Waals surface area contributed by atoms with Gasteiger partial charge in [-0.1, -0.05) is 0 Å². The lowest BCUT2D eigenvalue weighted by Crippen LogP contribution is -2.28. The number of sulfonamides is 1. The van der Waals surface area contributed by atoms with Crippen LogP contribution in [0.5, 0.6) is 0 Å². The molecule has 21 heavy (non-hydrogen) atoms. The standard InChI is InChI=1S/C13H20N4O2S2/c1-8-5-6-12(20-8)10(3)17-21(18,19)13-11(7-14-4)9(2)15-16-13/h5-6,10,14,17H,7H2,1-4H3,(H,15,16). The molecule has 0 saturated carbocycles. The molecule has 0 aliphatic heterocycles. The third-order valence-corrected chi connectivity index (χ3v) is 5.86. The van der Waals surface area contributed by atoms with E-state index in [1.807, 2.05) is 32.9 Å². The summed E-state index contributed by atoms with van der Waals surface area (Å²) in [6, 6.07) is 3.64. The van der Waals surface area contributed by atoms with Crippen LogP contribution >= 0.6 is 11.3 Å². The van der Waals surface area contributed by atoms with Crippen LogP contribution in [0.3, 0.4) is 0 Å². The van der Waals surface area contributed by atoms with Gasteiger partial charge in [-0.05, 0) is 40.0 Å². The van der Waals surface area contributed by atoms with Crippen LogP contribution in [-0.2, 0) is 16.6 Å². The summed E-state index contributed by atoms with van der Waals surface area (Å²) in [5.74, 6) is 0. The molecule has 2 heterocycles. The monoisotopic (exact) mass is 328 g/mol. The molecular weight excluding hydrogens is 308 g/mol. The summed E-state index contributed by atoms with van der Waals surface area (Å²) < 4.78 is 27.7. The number of hydrogen-bond acceptors (Lipinski definition) is 5. The van der Waals surface area contributed by atoms with E-state index in [-0.39, 0.29) is 11.1 Å². The van der Waals surface area contributed by atoms with E-state index < -0.39 is 10.0 Å². The Labute approximate surface area is 129 Å². The maximum Gasteiger partial charge on any atom is 0.260 e. The molecule has 116 valence electrons. The predicted octanol–water partition coefficient (Wildman–Crippen LogP) is 1.85. The smallest absolute Gasteiger partial charge is 0.260 e. The lowest BCUT2D eigenvalue weighted by atomic mass is 10.3. The minimum atomic E-state index is -3.66. The van der Waals surface area contributed by atoms with Crippen molar-refractivity contribution >= 4 is 21.4 Å². The van der Waals surface area contributed by atoms with Crippen LogP contribution in [0.15, 0.2) is 17.2 Å². The van der Waals surface area contributed by atoms with Crippen molar-refractivity contribution in [1.82, 2.24) is 20.2 Å². The van der Waals surface area contributed by atoms with Gasteiger partial charge >= 0.3 is 0 Å². The molecule has 0 aliphatic rings. The van der Waals surface area contributed by atoms with Crippen LogP contribution in [0.1, 0.15) is 34.0 Å². The first-order valence-electron chi connectivity index (χ1n) is 6.62. The molecule has 0 bridgehead atoms. The lowest BCUT2D eigenvalue weighted by molar-refractivity contribution is 0.562. The second kappa shape index (κ2) is 6.27. The molecule has 0 aromatic carbocycles. The zero-order valence-electron chi connectivity index (χ0n) is 12.5. The largest absolute Gasteiger partial charge is 0.316 e. The average Bonchev–Trinajstić information content (AvgIpc) is 2.97. The van der Waals surface area contributed by atoms with Crippen molar-refractivity contribution < 1.29 is 8.42 Å². The fraction of sp³-hybridized carbons (Fsp3) is 0.462. The highest BCUT2D eigenvalue weighted by Gasteiger charge is 2.26. The fourth-order valence-electron chi connectivity index (χ4n) is 2.07. The molecule has 6 nitrogen and oxygen atoms in total. The minimum Gasteiger partial charge on any atom is -0.316 e. The van der Waals surface area contributed by atoms with Gasteiger partial charge in [0.15, 0.2) is 5.03 Å². The van der Waals surface area contributed by atoms with E-state index >= 15 is 0 Å². The van der Waals surface area contributed by atoms with Gasteiger partial charge in [-0.15, -0.1) is 11.3 Å². The zero-order chi connectivity index (χ0) is 15.6. The average molecular weight is 328 g/mol. The maximum absolute atomic E-state index is 12.5. The van der Waals surface area contributed by atoms with Crippen LogP contribution < -0.4 is 10.0 Å². The third-order valence-electron chi connectivity index (χ3n) is 3.16. The van der Waals surface area contributed by atoms with E-state index in [9.17, 15) is 8.42 Å². The molecule has 0 radical (unpaired) electrons. The van der Waals surface area contributed by atoms with Gasteiger partial charge in [0.2, 0.25) is 0 Å². The molecule has 0 aliphatic carbocycles. The quantitative estimate of drug-likeness (QED) is 0.755. The van der Waals surface area contributed by atoms with Gasteiger partial charge in [0, 0.05) is 27.6 Å². The van der Waals surface area contributed by atoms with Crippen LogP contribution in [0.25, 0.3) is 0 Å². The topological polar surface area (TPSA) is 86.9 Å². The van der Waals surface area contributed by atoms with Crippen LogP contribution in [0.2, 0.25) is 0 Å². The fourth-order valence-corrected chi connectivity index (χ4v) is 4.44. The first-order valence-corrected chi connectivity index (χ1v) is 8.92. The van der Waals surface area contributed by atoms with E-state index in [2.05, 4.69) is 20.2 Å². The number of aromatic nitrogens is 2. The summed E-state index contributed by atoms with van der Waals surface area (Å²) in [6.07, 6.45) is 0. The van der Waals surface area contributed by atoms with E-state index in [1.54, 1.807) is 18.4 Å². The second-order valence-electron chi connectivity index (χ2n) is 4.95. The van der Waals surface area contributed by atoms with Gasteiger partial charge in [-0.2, -0.15) is 5.10 Å². The van der Waals surface area contributed by atoms with Gasteiger partial charge in [0.1, 0.15) is 0 Å². The second-order valence-corrected chi connectivity index (χ2v) is 7.90. The van der Waals surface area contributed by atoms with Crippen molar-refractivity contribution in [3.05, 3.63) is 33.1 Å². The number of aryl methyl sites for hydroxylation is 2. The van der Waals surface area contributed by atoms with Gasteiger partial charge in [0.05, 0.1) is 6.04 Å². The Morgan fingerprint density at radius 2 is 2.10 bits per heavy atom. The molecule has 0 amide bonds. The molecular formula is C13H20N4O2S2. The highest BCUT2D eigenvalue weighted by atomic mass is 32.2. The molecule has 1 atom stereocenters. The molecule has 3 N–H and O–H groups in total. The van der Waals surface area contributed by atoms with Gasteiger partial charge < -0.3 is 5.32 Å². The first-order chi connectivity index (χ1) is 9.85. The van der Waals surface area contributed by atoms with E-state index in [0.29, 0.717) is 12.1 Å². The molecule has 1 unspecified atom stereocenters. The van der Waals surface area contributed by atoms with Crippen molar-refractivity contribution in [3.63, 3.8) is 0 Å². The summed E-state index contributed by atoms with van der Waals surface area (Å²) in [7, 11) is -1.88. The van der Waals surface area contributed by atoms with E-state index in [1.165, 1.54) is 0 Å². The molecule has 0 fully saturated rings. The van der Waals surface area contributed by atoms with Gasteiger partial charge in [-0.25, -0.2) is 13.1 Å². The zero-order valence-corrected chi connectivity index (χ0v) is 14.2. The Morgan fingerprint density at radius 1 is 1.38 bits per heavy atom. The number of nitrogens with zero attached hydrogens (tertiary/aromatic N) is 1. The lowest BCUT2D eigenvalue weighted by Gasteiger charge is -2.12. The molecule has 8 heteroatoms. The first kappa shape index (κ1) is 16.2. The van der Waals surface area contributed by atoms with Crippen molar-refractivity contribution in [3.8, 4) is 0 Å². The number of aromatic amines is 1. The van der Waals surface area contributed by atoms with Crippen LogP contribution in [-0.4, -0.2) is 25.7 Å². The Kier molecular flexibility index (Phi) is 4.82. The molecule has 2 aromatic rings. The van der Waals surface area contributed by atoms with Crippen molar-refractivity contribution in [2.24, 2.45) is 0 Å². The number of hydrogen-bond donors (Lipinski definition) is 3. The Balaban J connectivity index is 2.26. The maximum atomic E-state index is 12.5. The summed E-state index contributed by atoms with van der Waals surface area (Å²) in [5.41, 5.74) is 1.42. The van der Waals surface area contributed by atoms with Crippen molar-refractivity contribution in [2.45, 2.75) is 38.4 Å². The number of H-pyrrole nitrogens is 1. The van der Waals surface area contributed by atoms with Crippen molar-refractivity contribution in [2.75, 3.05) is 7.05 Å². The van der Waals surface area contributed by atoms with Crippen molar-refractivity contribution in [1.29, 1.82) is 0 Å². The number of thiophene rings is 1. The molecule has 2 rings (SSSR count). The van der Waals surface area contributed by atoms with Crippen LogP contribution in [0.4, 0.5) is 0 Å². The summed E-state index contributed by atoms with van der Waals surface area (Å²) in [5, 5.41) is 9.71. The Bertz CT molecular complexity index is 718. The summed E-state index contributed by atoms with van der Waals surface area (Å²) >= 11 is 1.58. The molecule has 2 aromatic heterocycles. The number of rotatable bonds is 6. The van der Waals surface area contributed by atoms with E-state index in [4.69, 9.17) is 0 Å². The van der Waals surface area contributed by atoms with Gasteiger partial charge in [0.25, 0.3) is 10.0 Å². The minimum absolute atomic E-state index is 0.0643. The summed E-state index contributed by atoms with van der Waals surface area (Å²) in [6.45, 7) is 6.09. The van der Waals surface area contributed by atoms with E-state index in [0.717, 1.165) is 15.4 Å². The molecule has 0 spiro atoms. The predicted molar refractivity (Wildman–Crippen MR) is 83.9 cm³/mol. The highest BCUT2D eigenvalue weighted by molar-refractivity contribution is 7.89. The normalized spacial score (nSPS) is 13.5. The SMILES string of the molecule is CNCc1c(S(=O)(=O)NC(C)c2ccc(C)s2)n[nH]c1C. The summed E-state index contributed by atoms with van der Waals surface area (Å²) in [4.78, 5) is 2.14. The highest BCUT2D eigenvalue weighted by Crippen LogP contribution is 2.25. The Morgan fingerprint density at radius 3 is 2.67 bits per heavy atom. The molecule has 0 saturated heterocycles. The van der Waals surface area contributed by atoms with Crippen LogP contribution in [0, 0.1) is 13.8 Å². The number of nitrogens with one attached hydrogen (secondary N) is 3. The Hall–Kier alpha value is -1.22. The van der Waals surface area contributed by atoms with Gasteiger partial charge in [-0.3, -0.25) is 5.10 Å². The third kappa shape index (κ3) is 3.52.